The number of halogens is 2. The summed E-state index contributed by atoms with van der Waals surface area (Å²) in [5.74, 6) is -0.820. The molecule has 0 bridgehead atoms. The molecule has 31 heavy (non-hydrogen) atoms. The monoisotopic (exact) mass is 460 g/mol. The molecule has 1 aliphatic rings. The Labute approximate surface area is 187 Å². The summed E-state index contributed by atoms with van der Waals surface area (Å²) < 4.78 is 6.91. The topological polar surface area (TPSA) is 111 Å². The first-order valence-electron chi connectivity index (χ1n) is 9.47. The van der Waals surface area contributed by atoms with Crippen LogP contribution in [0.5, 0.6) is 0 Å². The zero-order chi connectivity index (χ0) is 21.8. The van der Waals surface area contributed by atoms with Crippen LogP contribution >= 0.6 is 23.2 Å². The zero-order valence-electron chi connectivity index (χ0n) is 16.2. The Kier molecular flexibility index (Phi) is 6.17. The van der Waals surface area contributed by atoms with Gasteiger partial charge in [-0.2, -0.15) is 0 Å². The van der Waals surface area contributed by atoms with E-state index in [9.17, 15) is 9.59 Å². The van der Waals surface area contributed by atoms with E-state index in [1.165, 1.54) is 11.0 Å². The van der Waals surface area contributed by atoms with Crippen molar-refractivity contribution < 1.29 is 14.3 Å². The number of rotatable bonds is 4. The molecule has 2 heterocycles. The van der Waals surface area contributed by atoms with Crippen LogP contribution in [-0.4, -0.2) is 45.2 Å². The summed E-state index contributed by atoms with van der Waals surface area (Å²) in [5, 5.41) is 11.8. The number of nitrogens with one attached hydrogen (secondary N) is 2. The lowest BCUT2D eigenvalue weighted by atomic mass is 9.73. The smallest absolute Gasteiger partial charge is 0.269 e. The summed E-state index contributed by atoms with van der Waals surface area (Å²) in [5.41, 5.74) is 5.81. The van der Waals surface area contributed by atoms with Crippen LogP contribution in [-0.2, 0) is 14.9 Å². The Morgan fingerprint density at radius 2 is 1.77 bits per heavy atom. The summed E-state index contributed by atoms with van der Waals surface area (Å²) in [6.45, 7) is 0.803. The van der Waals surface area contributed by atoms with Gasteiger partial charge in [0, 0.05) is 28.8 Å². The second kappa shape index (κ2) is 9.01. The number of hydrazine groups is 1. The molecule has 2 N–H and O–H groups in total. The van der Waals surface area contributed by atoms with Crippen molar-refractivity contribution in [3.8, 4) is 5.69 Å². The average molecular weight is 461 g/mol. The van der Waals surface area contributed by atoms with Gasteiger partial charge in [0.05, 0.1) is 11.1 Å². The van der Waals surface area contributed by atoms with E-state index in [1.807, 2.05) is 0 Å². The molecule has 160 valence electrons. The molecule has 0 aliphatic carbocycles. The Balaban J connectivity index is 1.48. The lowest BCUT2D eigenvalue weighted by Gasteiger charge is -2.36. The van der Waals surface area contributed by atoms with Crippen LogP contribution in [0.25, 0.3) is 5.69 Å². The molecular formula is C20H18Cl2N6O3. The normalized spacial score (nSPS) is 15.3. The van der Waals surface area contributed by atoms with Gasteiger partial charge in [-0.05, 0) is 65.2 Å². The van der Waals surface area contributed by atoms with Crippen LogP contribution in [0.2, 0.25) is 10.0 Å². The number of nitrogens with zero attached hydrogens (tertiary/aromatic N) is 4. The minimum atomic E-state index is -0.933. The van der Waals surface area contributed by atoms with Gasteiger partial charge >= 0.3 is 0 Å². The van der Waals surface area contributed by atoms with Crippen molar-refractivity contribution in [2.24, 2.45) is 0 Å². The number of benzene rings is 2. The molecule has 1 fully saturated rings. The number of hydrogen-bond donors (Lipinski definition) is 2. The summed E-state index contributed by atoms with van der Waals surface area (Å²) >= 11 is 12.4. The highest BCUT2D eigenvalue weighted by Crippen LogP contribution is 2.39. The Morgan fingerprint density at radius 1 is 1.03 bits per heavy atom. The predicted octanol–water partition coefficient (Wildman–Crippen LogP) is 2.48. The van der Waals surface area contributed by atoms with Crippen molar-refractivity contribution in [1.29, 1.82) is 0 Å². The highest BCUT2D eigenvalue weighted by Gasteiger charge is 2.43. The van der Waals surface area contributed by atoms with Gasteiger partial charge in [-0.25, -0.2) is 4.68 Å². The van der Waals surface area contributed by atoms with Gasteiger partial charge in [-0.1, -0.05) is 29.3 Å². The van der Waals surface area contributed by atoms with Crippen molar-refractivity contribution in [2.45, 2.75) is 18.3 Å². The minimum Gasteiger partial charge on any atom is -0.381 e. The molecular weight excluding hydrogens is 443 g/mol. The minimum absolute atomic E-state index is 0.362. The van der Waals surface area contributed by atoms with Gasteiger partial charge in [0.2, 0.25) is 5.91 Å². The van der Waals surface area contributed by atoms with Crippen molar-refractivity contribution in [3.05, 3.63) is 70.0 Å². The Hall–Kier alpha value is -3.01. The van der Waals surface area contributed by atoms with Crippen LogP contribution in [0.3, 0.4) is 0 Å². The third-order valence-electron chi connectivity index (χ3n) is 5.26. The van der Waals surface area contributed by atoms with Gasteiger partial charge in [-0.15, -0.1) is 5.10 Å². The fourth-order valence-electron chi connectivity index (χ4n) is 3.57. The molecule has 1 aliphatic heterocycles. The van der Waals surface area contributed by atoms with Gasteiger partial charge in [0.1, 0.15) is 6.33 Å². The fraction of sp³-hybridized carbons (Fsp3) is 0.250. The third kappa shape index (κ3) is 4.39. The Bertz CT molecular complexity index is 1080. The molecule has 3 aromatic rings. The van der Waals surface area contributed by atoms with Crippen molar-refractivity contribution in [3.63, 3.8) is 0 Å². The highest BCUT2D eigenvalue weighted by atomic mass is 35.5. The molecule has 0 spiro atoms. The van der Waals surface area contributed by atoms with Gasteiger partial charge in [0.15, 0.2) is 0 Å². The van der Waals surface area contributed by atoms with Gasteiger partial charge < -0.3 is 4.74 Å². The number of aromatic nitrogens is 4. The third-order valence-corrected chi connectivity index (χ3v) is 5.81. The maximum Gasteiger partial charge on any atom is 0.269 e. The number of carbonyl (C=O) groups excluding carboxylic acids is 2. The molecule has 1 saturated heterocycles. The van der Waals surface area contributed by atoms with E-state index >= 15 is 0 Å². The SMILES string of the molecule is O=C(NNC(=O)C1(c2ccc(Cl)cc2Cl)CCOCC1)c1ccc(-n2cnnn2)cc1. The fourth-order valence-corrected chi connectivity index (χ4v) is 4.16. The first-order valence-corrected chi connectivity index (χ1v) is 10.2. The van der Waals surface area contributed by atoms with Crippen LogP contribution in [0.4, 0.5) is 0 Å². The largest absolute Gasteiger partial charge is 0.381 e. The number of amides is 2. The quantitative estimate of drug-likeness (QED) is 0.578. The van der Waals surface area contributed by atoms with Crippen molar-refractivity contribution in [1.82, 2.24) is 31.1 Å². The zero-order valence-corrected chi connectivity index (χ0v) is 17.7. The lowest BCUT2D eigenvalue weighted by Crippen LogP contribution is -2.53. The van der Waals surface area contributed by atoms with Crippen LogP contribution < -0.4 is 10.9 Å². The standard InChI is InChI=1S/C20H18Cl2N6O3/c21-14-3-6-16(17(22)11-14)20(7-9-31-10-8-20)19(30)25-24-18(29)13-1-4-15(5-2-13)28-12-23-26-27-28/h1-6,11-12H,7-10H2,(H,24,29)(H,25,30). The summed E-state index contributed by atoms with van der Waals surface area (Å²) in [7, 11) is 0. The maximum absolute atomic E-state index is 13.2. The molecule has 2 aromatic carbocycles. The summed E-state index contributed by atoms with van der Waals surface area (Å²) in [4.78, 5) is 25.7. The molecule has 0 atom stereocenters. The van der Waals surface area contributed by atoms with Crippen LogP contribution in [0, 0.1) is 0 Å². The van der Waals surface area contributed by atoms with E-state index in [0.717, 1.165) is 0 Å². The number of hydrogen-bond acceptors (Lipinski definition) is 6. The predicted molar refractivity (Wildman–Crippen MR) is 113 cm³/mol. The molecule has 11 heteroatoms. The van der Waals surface area contributed by atoms with Gasteiger partial charge in [0.25, 0.3) is 5.91 Å². The molecule has 0 unspecified atom stereocenters. The van der Waals surface area contributed by atoms with Gasteiger partial charge in [-0.3, -0.25) is 20.4 Å². The van der Waals surface area contributed by atoms with Crippen molar-refractivity contribution >= 4 is 35.0 Å². The maximum atomic E-state index is 13.2. The van der Waals surface area contributed by atoms with E-state index in [4.69, 9.17) is 27.9 Å². The van der Waals surface area contributed by atoms with E-state index in [1.54, 1.807) is 42.5 Å². The molecule has 1 aromatic heterocycles. The number of ether oxygens (including phenoxy) is 1. The summed E-state index contributed by atoms with van der Waals surface area (Å²) in [6, 6.07) is 11.7. The second-order valence-corrected chi connectivity index (χ2v) is 7.87. The van der Waals surface area contributed by atoms with E-state index in [0.29, 0.717) is 52.9 Å². The number of carbonyl (C=O) groups is 2. The first-order chi connectivity index (χ1) is 15.0. The highest BCUT2D eigenvalue weighted by molar-refractivity contribution is 6.35. The van der Waals surface area contributed by atoms with E-state index in [-0.39, 0.29) is 5.91 Å². The Morgan fingerprint density at radius 3 is 2.42 bits per heavy atom. The average Bonchev–Trinajstić information content (AvgIpc) is 3.33. The van der Waals surface area contributed by atoms with Crippen LogP contribution in [0.15, 0.2) is 48.8 Å². The molecule has 0 radical (unpaired) electrons. The lowest BCUT2D eigenvalue weighted by molar-refractivity contribution is -0.131. The van der Waals surface area contributed by atoms with E-state index < -0.39 is 11.3 Å². The van der Waals surface area contributed by atoms with Crippen molar-refractivity contribution in [2.75, 3.05) is 13.2 Å². The summed E-state index contributed by atoms with van der Waals surface area (Å²) in [6.07, 6.45) is 2.30. The first kappa shape index (κ1) is 21.2. The second-order valence-electron chi connectivity index (χ2n) is 7.03. The number of tetrazole rings is 1. The molecule has 4 rings (SSSR count). The molecule has 0 saturated carbocycles. The van der Waals surface area contributed by atoms with Crippen LogP contribution in [0.1, 0.15) is 28.8 Å². The molecule has 2 amide bonds. The van der Waals surface area contributed by atoms with E-state index in [2.05, 4.69) is 26.4 Å². The molecule has 9 nitrogen and oxygen atoms in total.